The summed E-state index contributed by atoms with van der Waals surface area (Å²) in [5, 5.41) is 10.1. The van der Waals surface area contributed by atoms with Gasteiger partial charge in [-0.2, -0.15) is 0 Å². The van der Waals surface area contributed by atoms with E-state index in [9.17, 15) is 5.11 Å². The minimum absolute atomic E-state index is 0.318. The summed E-state index contributed by atoms with van der Waals surface area (Å²) < 4.78 is 10.1. The first-order valence-electron chi connectivity index (χ1n) is 6.60. The number of benzene rings is 1. The Morgan fingerprint density at radius 3 is 2.63 bits per heavy atom. The maximum atomic E-state index is 10.1. The van der Waals surface area contributed by atoms with Crippen molar-refractivity contribution in [2.45, 2.75) is 26.4 Å². The van der Waals surface area contributed by atoms with Gasteiger partial charge in [-0.1, -0.05) is 48.9 Å². The first-order valence-corrected chi connectivity index (χ1v) is 6.60. The molecular weight excluding hydrogens is 240 g/mol. The zero-order valence-corrected chi connectivity index (χ0v) is 12.0. The van der Waals surface area contributed by atoms with Crippen LogP contribution in [0.3, 0.4) is 0 Å². The van der Waals surface area contributed by atoms with Crippen molar-refractivity contribution in [3.63, 3.8) is 0 Å². The lowest BCUT2D eigenvalue weighted by molar-refractivity contribution is -0.0372. The lowest BCUT2D eigenvalue weighted by Crippen LogP contribution is -2.06. The van der Waals surface area contributed by atoms with E-state index in [1.54, 1.807) is 7.11 Å². The molecule has 0 bridgehead atoms. The lowest BCUT2D eigenvalue weighted by Gasteiger charge is -2.13. The van der Waals surface area contributed by atoms with Crippen LogP contribution in [0.5, 0.6) is 0 Å². The highest BCUT2D eigenvalue weighted by Crippen LogP contribution is 2.21. The van der Waals surface area contributed by atoms with Crippen LogP contribution >= 0.6 is 0 Å². The third-order valence-corrected chi connectivity index (χ3v) is 2.85. The number of hydrogen-bond acceptors (Lipinski definition) is 3. The largest absolute Gasteiger partial charge is 0.388 e. The molecule has 106 valence electrons. The maximum Gasteiger partial charge on any atom is 0.146 e. The van der Waals surface area contributed by atoms with Gasteiger partial charge in [-0.15, -0.1) is 0 Å². The standard InChI is InChI=1S/C16H24O3/c1-13(9-14(2)11-19-12-18-3)10-16(17)15-7-5-4-6-8-15/h4-9,14,16-17H,10-12H2,1-3H3/b13-9-/t14-,16-/m1/s1. The molecule has 19 heavy (non-hydrogen) atoms. The van der Waals surface area contributed by atoms with Crippen molar-refractivity contribution in [1.29, 1.82) is 0 Å². The monoisotopic (exact) mass is 264 g/mol. The van der Waals surface area contributed by atoms with E-state index in [4.69, 9.17) is 9.47 Å². The van der Waals surface area contributed by atoms with E-state index in [1.165, 1.54) is 5.57 Å². The van der Waals surface area contributed by atoms with E-state index in [0.717, 1.165) is 5.56 Å². The molecule has 1 rings (SSSR count). The van der Waals surface area contributed by atoms with Crippen molar-refractivity contribution in [2.24, 2.45) is 5.92 Å². The number of aliphatic hydroxyl groups excluding tert-OH is 1. The van der Waals surface area contributed by atoms with Gasteiger partial charge in [0, 0.05) is 7.11 Å². The highest BCUT2D eigenvalue weighted by Gasteiger charge is 2.08. The number of methoxy groups -OCH3 is 1. The molecule has 3 nitrogen and oxygen atoms in total. The summed E-state index contributed by atoms with van der Waals surface area (Å²) in [5.41, 5.74) is 2.13. The van der Waals surface area contributed by atoms with Gasteiger partial charge < -0.3 is 14.6 Å². The predicted molar refractivity (Wildman–Crippen MR) is 76.8 cm³/mol. The smallest absolute Gasteiger partial charge is 0.146 e. The van der Waals surface area contributed by atoms with Crippen molar-refractivity contribution in [3.8, 4) is 0 Å². The van der Waals surface area contributed by atoms with Crippen LogP contribution in [0.1, 0.15) is 31.9 Å². The molecule has 0 saturated heterocycles. The third kappa shape index (κ3) is 6.53. The zero-order valence-electron chi connectivity index (χ0n) is 12.0. The number of hydrogen-bond donors (Lipinski definition) is 1. The Bertz CT molecular complexity index is 373. The molecule has 1 aromatic rings. The number of rotatable bonds is 8. The van der Waals surface area contributed by atoms with Crippen LogP contribution in [0.15, 0.2) is 42.0 Å². The fraction of sp³-hybridized carbons (Fsp3) is 0.500. The molecule has 3 heteroatoms. The Labute approximate surface area is 115 Å². The van der Waals surface area contributed by atoms with Gasteiger partial charge in [0.05, 0.1) is 12.7 Å². The van der Waals surface area contributed by atoms with Crippen LogP contribution in [0.25, 0.3) is 0 Å². The molecular formula is C16H24O3. The second-order valence-electron chi connectivity index (χ2n) is 4.90. The molecule has 2 atom stereocenters. The average Bonchev–Trinajstić information content (AvgIpc) is 2.39. The van der Waals surface area contributed by atoms with E-state index >= 15 is 0 Å². The molecule has 0 aliphatic rings. The Morgan fingerprint density at radius 2 is 2.00 bits per heavy atom. The first kappa shape index (κ1) is 15.9. The second-order valence-corrected chi connectivity index (χ2v) is 4.90. The summed E-state index contributed by atoms with van der Waals surface area (Å²) in [6, 6.07) is 9.73. The minimum atomic E-state index is -0.440. The summed E-state index contributed by atoms with van der Waals surface area (Å²) in [7, 11) is 1.61. The fourth-order valence-electron chi connectivity index (χ4n) is 2.02. The van der Waals surface area contributed by atoms with Crippen LogP contribution in [-0.2, 0) is 9.47 Å². The van der Waals surface area contributed by atoms with E-state index in [2.05, 4.69) is 13.0 Å². The van der Waals surface area contributed by atoms with Crippen LogP contribution in [-0.4, -0.2) is 25.6 Å². The molecule has 0 heterocycles. The van der Waals surface area contributed by atoms with Crippen molar-refractivity contribution in [2.75, 3.05) is 20.5 Å². The van der Waals surface area contributed by atoms with Crippen molar-refractivity contribution in [3.05, 3.63) is 47.5 Å². The predicted octanol–water partition coefficient (Wildman–Crippen LogP) is 3.31. The van der Waals surface area contributed by atoms with Gasteiger partial charge >= 0.3 is 0 Å². The van der Waals surface area contributed by atoms with Gasteiger partial charge in [0.1, 0.15) is 6.79 Å². The van der Waals surface area contributed by atoms with E-state index in [1.807, 2.05) is 37.3 Å². The quantitative estimate of drug-likeness (QED) is 0.445. The minimum Gasteiger partial charge on any atom is -0.388 e. The molecule has 1 N–H and O–H groups in total. The van der Waals surface area contributed by atoms with Crippen LogP contribution < -0.4 is 0 Å². The first-order chi connectivity index (χ1) is 9.13. The van der Waals surface area contributed by atoms with Crippen LogP contribution in [0, 0.1) is 5.92 Å². The summed E-state index contributed by atoms with van der Waals surface area (Å²) >= 11 is 0. The Morgan fingerprint density at radius 1 is 1.32 bits per heavy atom. The zero-order chi connectivity index (χ0) is 14.1. The topological polar surface area (TPSA) is 38.7 Å². The fourth-order valence-corrected chi connectivity index (χ4v) is 2.02. The Hall–Kier alpha value is -1.16. The van der Waals surface area contributed by atoms with Gasteiger partial charge in [0.2, 0.25) is 0 Å². The summed E-state index contributed by atoms with van der Waals surface area (Å²) in [6.07, 6.45) is 2.35. The molecule has 0 aliphatic carbocycles. The summed E-state index contributed by atoms with van der Waals surface area (Å²) in [6.45, 7) is 5.09. The average molecular weight is 264 g/mol. The molecule has 0 amide bonds. The molecule has 0 aliphatic heterocycles. The molecule has 0 spiro atoms. The lowest BCUT2D eigenvalue weighted by atomic mass is 10.00. The van der Waals surface area contributed by atoms with Gasteiger partial charge in [-0.05, 0) is 24.8 Å². The third-order valence-electron chi connectivity index (χ3n) is 2.85. The molecule has 0 saturated carbocycles. The summed E-state index contributed by atoms with van der Waals surface area (Å²) in [4.78, 5) is 0. The van der Waals surface area contributed by atoms with Gasteiger partial charge in [0.15, 0.2) is 0 Å². The van der Waals surface area contributed by atoms with Gasteiger partial charge in [0.25, 0.3) is 0 Å². The highest BCUT2D eigenvalue weighted by molar-refractivity contribution is 5.19. The van der Waals surface area contributed by atoms with E-state index in [0.29, 0.717) is 25.7 Å². The van der Waals surface area contributed by atoms with Crippen molar-refractivity contribution < 1.29 is 14.6 Å². The molecule has 0 unspecified atom stereocenters. The van der Waals surface area contributed by atoms with E-state index in [-0.39, 0.29) is 0 Å². The normalized spacial score (nSPS) is 15.3. The Kier molecular flexibility index (Phi) is 7.41. The molecule has 1 aromatic carbocycles. The number of ether oxygens (including phenoxy) is 2. The Balaban J connectivity index is 2.42. The maximum absolute atomic E-state index is 10.1. The van der Waals surface area contributed by atoms with Gasteiger partial charge in [-0.3, -0.25) is 0 Å². The van der Waals surface area contributed by atoms with Crippen molar-refractivity contribution in [1.82, 2.24) is 0 Å². The molecule has 0 radical (unpaired) electrons. The van der Waals surface area contributed by atoms with Gasteiger partial charge in [-0.25, -0.2) is 0 Å². The van der Waals surface area contributed by atoms with Crippen molar-refractivity contribution >= 4 is 0 Å². The van der Waals surface area contributed by atoms with Crippen LogP contribution in [0.4, 0.5) is 0 Å². The molecule has 0 aromatic heterocycles. The second kappa shape index (κ2) is 8.86. The van der Waals surface area contributed by atoms with Crippen LogP contribution in [0.2, 0.25) is 0 Å². The SMILES string of the molecule is COCOC[C@H](C)/C=C(/C)C[C@@H](O)c1ccccc1. The molecule has 0 fully saturated rings. The van der Waals surface area contributed by atoms with E-state index < -0.39 is 6.10 Å². The number of aliphatic hydroxyl groups is 1. The summed E-state index contributed by atoms with van der Waals surface area (Å²) in [5.74, 6) is 0.318. The highest BCUT2D eigenvalue weighted by atomic mass is 16.7.